The van der Waals surface area contributed by atoms with E-state index in [1.165, 1.54) is 26.4 Å². The van der Waals surface area contributed by atoms with Crippen molar-refractivity contribution in [1.29, 1.82) is 0 Å². The lowest BCUT2D eigenvalue weighted by Gasteiger charge is -2.61. The second-order valence-corrected chi connectivity index (χ2v) is 16.4. The predicted molar refractivity (Wildman–Crippen MR) is 184 cm³/mol. The van der Waals surface area contributed by atoms with Crippen molar-refractivity contribution in [3.63, 3.8) is 0 Å². The number of nitrogens with zero attached hydrogens (tertiary/aromatic N) is 1. The average Bonchev–Trinajstić information content (AvgIpc) is 3.54. The van der Waals surface area contributed by atoms with E-state index in [9.17, 15) is 14.4 Å². The molecule has 5 fully saturated rings. The third-order valence-electron chi connectivity index (χ3n) is 14.5. The van der Waals surface area contributed by atoms with Gasteiger partial charge in [0.1, 0.15) is 18.4 Å². The number of rotatable bonds is 10. The molecule has 4 saturated carbocycles. The molecule has 7 nitrogen and oxygen atoms in total. The molecule has 1 saturated heterocycles. The van der Waals surface area contributed by atoms with Crippen LogP contribution in [0.3, 0.4) is 0 Å². The molecule has 1 aliphatic heterocycles. The van der Waals surface area contributed by atoms with Crippen LogP contribution in [0, 0.1) is 45.3 Å². The highest BCUT2D eigenvalue weighted by Crippen LogP contribution is 2.88. The number of ether oxygens (including phenoxy) is 3. The molecule has 9 atom stereocenters. The lowest BCUT2D eigenvalue weighted by atomic mass is 9.43. The lowest BCUT2D eigenvalue weighted by molar-refractivity contribution is -0.158. The third-order valence-corrected chi connectivity index (χ3v) is 14.5. The summed E-state index contributed by atoms with van der Waals surface area (Å²) in [5, 5.41) is 0.998. The molecule has 2 aromatic rings. The lowest BCUT2D eigenvalue weighted by Crippen LogP contribution is -2.56. The molecule has 0 unspecified atom stereocenters. The van der Waals surface area contributed by atoms with Gasteiger partial charge < -0.3 is 14.2 Å². The summed E-state index contributed by atoms with van der Waals surface area (Å²) in [5.74, 6) is 0.853. The van der Waals surface area contributed by atoms with Crippen molar-refractivity contribution in [1.82, 2.24) is 4.98 Å². The fraction of sp³-hybridized carbons (Fsp3) is 0.610. The fourth-order valence-electron chi connectivity index (χ4n) is 11.9. The van der Waals surface area contributed by atoms with Gasteiger partial charge in [0.25, 0.3) is 0 Å². The Kier molecular flexibility index (Phi) is 8.15. The van der Waals surface area contributed by atoms with Crippen LogP contribution in [0.2, 0.25) is 0 Å². The Bertz CT molecular complexity index is 1700. The molecule has 1 aromatic heterocycles. The van der Waals surface area contributed by atoms with Gasteiger partial charge in [-0.05, 0) is 122 Å². The Balaban J connectivity index is 1.00. The van der Waals surface area contributed by atoms with E-state index in [1.807, 2.05) is 37.3 Å². The highest BCUT2D eigenvalue weighted by molar-refractivity contribution is 5.92. The van der Waals surface area contributed by atoms with Gasteiger partial charge in [0.2, 0.25) is 0 Å². The molecule has 4 aliphatic carbocycles. The van der Waals surface area contributed by atoms with Crippen LogP contribution >= 0.6 is 0 Å². The van der Waals surface area contributed by atoms with Crippen LogP contribution in [0.4, 0.5) is 0 Å². The summed E-state index contributed by atoms with van der Waals surface area (Å²) in [4.78, 5) is 42.4. The molecule has 48 heavy (non-hydrogen) atoms. The molecule has 7 heteroatoms. The highest BCUT2D eigenvalue weighted by Gasteiger charge is 2.83. The maximum atomic E-state index is 12.8. The maximum Gasteiger partial charge on any atom is 0.357 e. The molecule has 1 spiro atoms. The number of aromatic nitrogens is 1. The molecule has 2 heterocycles. The minimum absolute atomic E-state index is 0.0214. The van der Waals surface area contributed by atoms with Crippen molar-refractivity contribution in [2.24, 2.45) is 45.3 Å². The number of carbonyl (C=O) groups excluding carboxylic acids is 3. The van der Waals surface area contributed by atoms with Crippen molar-refractivity contribution < 1.29 is 28.6 Å². The van der Waals surface area contributed by atoms with Crippen LogP contribution in [-0.4, -0.2) is 42.7 Å². The van der Waals surface area contributed by atoms with E-state index in [2.05, 4.69) is 38.4 Å². The number of carbonyl (C=O) groups is 3. The van der Waals surface area contributed by atoms with Gasteiger partial charge in [-0.25, -0.2) is 14.6 Å². The Morgan fingerprint density at radius 1 is 1.12 bits per heavy atom. The number of hydrogen-bond donors (Lipinski definition) is 0. The Morgan fingerprint density at radius 2 is 1.92 bits per heavy atom. The standard InChI is InChI=1S/C41H51NO6/c1-25(23-47-37(45)31-15-14-28-12-7-8-13-30(28)42-31)10-9-11-26(2)29-16-18-39(5)33-22-32-35(27(3)36(44)48-32)41(19-17-34(43)46-6)24-40(33,41)21-20-38(29,39)4/h7-8,10,12-15,26,29,32-33,35H,3,9,11,16-24H2,1-2,4-6H3/b25-10+/t26-,29-,32-,33+,35-,38-,39+,40+,41-/m1/s1. The number of methoxy groups -OCH3 is 1. The number of para-hydroxylation sites is 1. The molecule has 0 radical (unpaired) electrons. The summed E-state index contributed by atoms with van der Waals surface area (Å²) >= 11 is 0. The summed E-state index contributed by atoms with van der Waals surface area (Å²) in [5.41, 5.74) is 3.20. The van der Waals surface area contributed by atoms with E-state index in [1.54, 1.807) is 6.07 Å². The number of fused-ring (bicyclic) bond motifs is 5. The second-order valence-electron chi connectivity index (χ2n) is 16.4. The van der Waals surface area contributed by atoms with Gasteiger partial charge in [-0.3, -0.25) is 4.79 Å². The summed E-state index contributed by atoms with van der Waals surface area (Å²) in [6.45, 7) is 14.0. The highest BCUT2D eigenvalue weighted by atomic mass is 16.6. The first-order valence-electron chi connectivity index (χ1n) is 18.0. The summed E-state index contributed by atoms with van der Waals surface area (Å²) in [7, 11) is 1.46. The minimum Gasteiger partial charge on any atom is -0.469 e. The second kappa shape index (κ2) is 11.8. The van der Waals surface area contributed by atoms with E-state index >= 15 is 0 Å². The van der Waals surface area contributed by atoms with Crippen LogP contribution in [-0.2, 0) is 23.8 Å². The van der Waals surface area contributed by atoms with Crippen molar-refractivity contribution in [3.8, 4) is 0 Å². The average molecular weight is 654 g/mol. The normalized spacial score (nSPS) is 37.1. The van der Waals surface area contributed by atoms with Gasteiger partial charge in [-0.15, -0.1) is 0 Å². The molecule has 256 valence electrons. The number of hydrogen-bond acceptors (Lipinski definition) is 7. The number of pyridine rings is 1. The first-order chi connectivity index (χ1) is 22.9. The first kappa shape index (κ1) is 33.0. The van der Waals surface area contributed by atoms with Gasteiger partial charge in [0.15, 0.2) is 0 Å². The van der Waals surface area contributed by atoms with E-state index in [-0.39, 0.29) is 52.2 Å². The van der Waals surface area contributed by atoms with Crippen LogP contribution < -0.4 is 0 Å². The van der Waals surface area contributed by atoms with Crippen LogP contribution in [0.5, 0.6) is 0 Å². The van der Waals surface area contributed by atoms with Gasteiger partial charge in [0.05, 0.1) is 12.6 Å². The number of benzene rings is 1. The van der Waals surface area contributed by atoms with Crippen molar-refractivity contribution in [3.05, 3.63) is 65.9 Å². The number of allylic oxidation sites excluding steroid dienone is 1. The predicted octanol–water partition coefficient (Wildman–Crippen LogP) is 8.42. The summed E-state index contributed by atoms with van der Waals surface area (Å²) in [6.07, 6.45) is 12.0. The zero-order chi connectivity index (χ0) is 34.1. The Labute approximate surface area is 284 Å². The molecule has 0 bridgehead atoms. The van der Waals surface area contributed by atoms with Crippen molar-refractivity contribution in [2.45, 2.75) is 98.0 Å². The van der Waals surface area contributed by atoms with Gasteiger partial charge in [-0.1, -0.05) is 57.7 Å². The Morgan fingerprint density at radius 3 is 2.71 bits per heavy atom. The molecule has 5 aliphatic rings. The van der Waals surface area contributed by atoms with Gasteiger partial charge >= 0.3 is 17.9 Å². The largest absolute Gasteiger partial charge is 0.469 e. The summed E-state index contributed by atoms with van der Waals surface area (Å²) in [6, 6.07) is 11.4. The van der Waals surface area contributed by atoms with E-state index in [0.29, 0.717) is 35.4 Å². The van der Waals surface area contributed by atoms with E-state index in [0.717, 1.165) is 55.0 Å². The SMILES string of the molecule is C=C1C(=O)O[C@@H]2C[C@@H]3[C@]4(CC[C@]5(C)[C@@H]([C@H](C)CC/C=C(\C)COC(=O)c6ccc7ccccc7n6)CC[C@@]35C)C[C@]4(CCC(=O)OC)[C@H]12. The van der Waals surface area contributed by atoms with Crippen LogP contribution in [0.15, 0.2) is 60.2 Å². The van der Waals surface area contributed by atoms with Crippen LogP contribution in [0.25, 0.3) is 10.9 Å². The first-order valence-corrected chi connectivity index (χ1v) is 18.0. The Hall–Kier alpha value is -3.48. The molecule has 7 rings (SSSR count). The smallest absolute Gasteiger partial charge is 0.357 e. The number of esters is 3. The third kappa shape index (κ3) is 4.88. The fourth-order valence-corrected chi connectivity index (χ4v) is 11.9. The zero-order valence-electron chi connectivity index (χ0n) is 29.3. The summed E-state index contributed by atoms with van der Waals surface area (Å²) < 4.78 is 16.7. The molecule has 1 aromatic carbocycles. The molecule has 0 amide bonds. The van der Waals surface area contributed by atoms with Gasteiger partial charge in [-0.2, -0.15) is 0 Å². The monoisotopic (exact) mass is 653 g/mol. The maximum absolute atomic E-state index is 12.8. The molecule has 0 N–H and O–H groups in total. The minimum atomic E-state index is -0.397. The quantitative estimate of drug-likeness (QED) is 0.110. The topological polar surface area (TPSA) is 91.8 Å². The van der Waals surface area contributed by atoms with Crippen molar-refractivity contribution >= 4 is 28.8 Å². The van der Waals surface area contributed by atoms with E-state index < -0.39 is 5.97 Å². The van der Waals surface area contributed by atoms with Crippen LogP contribution in [0.1, 0.15) is 102 Å². The van der Waals surface area contributed by atoms with Crippen molar-refractivity contribution in [2.75, 3.05) is 13.7 Å². The molecular formula is C41H51NO6. The van der Waals surface area contributed by atoms with Gasteiger partial charge in [0, 0.05) is 23.3 Å². The van der Waals surface area contributed by atoms with E-state index in [4.69, 9.17) is 14.2 Å². The molecular weight excluding hydrogens is 602 g/mol. The zero-order valence-corrected chi connectivity index (χ0v) is 29.3.